The highest BCUT2D eigenvalue weighted by Crippen LogP contribution is 2.40. The van der Waals surface area contributed by atoms with Gasteiger partial charge in [-0.3, -0.25) is 4.79 Å². The molecule has 2 N–H and O–H groups in total. The molecule has 0 aromatic carbocycles. The van der Waals surface area contributed by atoms with Crippen molar-refractivity contribution in [3.63, 3.8) is 0 Å². The Balaban J connectivity index is 1.90. The molecular formula is C17H31N3O3. The Kier molecular flexibility index (Phi) is 6.27. The van der Waals surface area contributed by atoms with Gasteiger partial charge in [-0.25, -0.2) is 4.79 Å². The van der Waals surface area contributed by atoms with E-state index in [1.807, 2.05) is 11.8 Å². The Bertz CT molecular complexity index is 415. The number of nitrogens with zero attached hydrogens (tertiary/aromatic N) is 1. The number of rotatable bonds is 7. The monoisotopic (exact) mass is 325 g/mol. The fourth-order valence-corrected chi connectivity index (χ4v) is 3.26. The van der Waals surface area contributed by atoms with Crippen LogP contribution in [0.4, 0.5) is 4.79 Å². The van der Waals surface area contributed by atoms with Gasteiger partial charge < -0.3 is 20.3 Å². The summed E-state index contributed by atoms with van der Waals surface area (Å²) in [5, 5.41) is 6.21. The average Bonchev–Trinajstić information content (AvgIpc) is 3.31. The second-order valence-corrected chi connectivity index (χ2v) is 7.15. The van der Waals surface area contributed by atoms with Crippen molar-refractivity contribution in [2.24, 2.45) is 5.92 Å². The predicted octanol–water partition coefficient (Wildman–Crippen LogP) is 1.89. The first kappa shape index (κ1) is 18.0. The van der Waals surface area contributed by atoms with Crippen molar-refractivity contribution < 1.29 is 14.3 Å². The lowest BCUT2D eigenvalue weighted by Gasteiger charge is -2.43. The fraction of sp³-hybridized carbons (Fsp3) is 0.882. The highest BCUT2D eigenvalue weighted by Gasteiger charge is 2.41. The van der Waals surface area contributed by atoms with E-state index in [1.54, 1.807) is 0 Å². The lowest BCUT2D eigenvalue weighted by atomic mass is 9.82. The molecule has 2 fully saturated rings. The van der Waals surface area contributed by atoms with Gasteiger partial charge in [-0.15, -0.1) is 0 Å². The number of carbonyl (C=O) groups is 2. The second-order valence-electron chi connectivity index (χ2n) is 7.15. The summed E-state index contributed by atoms with van der Waals surface area (Å²) >= 11 is 0. The van der Waals surface area contributed by atoms with Gasteiger partial charge in [-0.2, -0.15) is 0 Å². The van der Waals surface area contributed by atoms with E-state index < -0.39 is 0 Å². The summed E-state index contributed by atoms with van der Waals surface area (Å²) in [7, 11) is 1.54. The summed E-state index contributed by atoms with van der Waals surface area (Å²) in [6, 6.07) is 0.213. The zero-order chi connectivity index (χ0) is 16.9. The molecule has 6 nitrogen and oxygen atoms in total. The van der Waals surface area contributed by atoms with Gasteiger partial charge in [0.2, 0.25) is 5.91 Å². The number of methoxy groups -OCH3 is 1. The molecule has 0 spiro atoms. The number of hydrogen-bond acceptors (Lipinski definition) is 3. The number of ether oxygens (including phenoxy) is 1. The quantitative estimate of drug-likeness (QED) is 0.751. The Labute approximate surface area is 139 Å². The highest BCUT2D eigenvalue weighted by molar-refractivity contribution is 5.78. The third-order valence-electron chi connectivity index (χ3n) is 5.05. The van der Waals surface area contributed by atoms with Crippen molar-refractivity contribution in [2.75, 3.05) is 26.8 Å². The van der Waals surface area contributed by atoms with E-state index in [4.69, 9.17) is 4.74 Å². The second kappa shape index (κ2) is 7.99. The number of nitrogens with one attached hydrogen (secondary N) is 2. The summed E-state index contributed by atoms with van der Waals surface area (Å²) in [5.74, 6) is 0.684. The van der Waals surface area contributed by atoms with Crippen molar-refractivity contribution in [3.8, 4) is 0 Å². The minimum absolute atomic E-state index is 0.0163. The van der Waals surface area contributed by atoms with E-state index in [-0.39, 0.29) is 30.1 Å². The smallest absolute Gasteiger partial charge is 0.317 e. The molecule has 3 amide bonds. The fourth-order valence-electron chi connectivity index (χ4n) is 3.26. The van der Waals surface area contributed by atoms with Crippen LogP contribution in [0.5, 0.6) is 0 Å². The summed E-state index contributed by atoms with van der Waals surface area (Å²) in [5.41, 5.74) is -0.163. The van der Waals surface area contributed by atoms with Crippen LogP contribution < -0.4 is 10.6 Å². The van der Waals surface area contributed by atoms with Crippen LogP contribution in [0.3, 0.4) is 0 Å². The molecule has 6 heteroatoms. The number of piperidine rings is 1. The maximum atomic E-state index is 12.2. The van der Waals surface area contributed by atoms with Crippen molar-refractivity contribution in [1.82, 2.24) is 15.5 Å². The molecule has 0 aromatic heterocycles. The first-order valence-electron chi connectivity index (χ1n) is 8.83. The van der Waals surface area contributed by atoms with Gasteiger partial charge in [0.1, 0.15) is 6.61 Å². The average molecular weight is 325 g/mol. The Morgan fingerprint density at radius 3 is 2.48 bits per heavy atom. The van der Waals surface area contributed by atoms with Crippen molar-refractivity contribution in [3.05, 3.63) is 0 Å². The molecule has 23 heavy (non-hydrogen) atoms. The van der Waals surface area contributed by atoms with Crippen molar-refractivity contribution in [2.45, 2.75) is 64.0 Å². The SMILES string of the molecule is CCC(C)NC(=O)N1CCC(CC2CC2)(NC(=O)COC)CC1. The first-order valence-corrected chi connectivity index (χ1v) is 8.83. The van der Waals surface area contributed by atoms with Crippen LogP contribution in [-0.4, -0.2) is 55.2 Å². The summed E-state index contributed by atoms with van der Waals surface area (Å²) in [6.45, 7) is 5.58. The lowest BCUT2D eigenvalue weighted by Crippen LogP contribution is -2.58. The topological polar surface area (TPSA) is 70.7 Å². The van der Waals surface area contributed by atoms with Crippen molar-refractivity contribution in [1.29, 1.82) is 0 Å². The third-order valence-corrected chi connectivity index (χ3v) is 5.05. The van der Waals surface area contributed by atoms with Gasteiger partial charge in [0, 0.05) is 31.8 Å². The lowest BCUT2D eigenvalue weighted by molar-refractivity contribution is -0.127. The molecule has 1 unspecified atom stereocenters. The maximum Gasteiger partial charge on any atom is 0.317 e. The number of carbonyl (C=O) groups excluding carboxylic acids is 2. The normalized spacial score (nSPS) is 21.6. The van der Waals surface area contributed by atoms with E-state index in [0.717, 1.165) is 31.6 Å². The summed E-state index contributed by atoms with van der Waals surface area (Å²) in [6.07, 6.45) is 6.14. The number of amides is 3. The molecule has 1 saturated heterocycles. The Morgan fingerprint density at radius 1 is 1.30 bits per heavy atom. The zero-order valence-electron chi connectivity index (χ0n) is 14.7. The molecule has 132 valence electrons. The number of hydrogen-bond donors (Lipinski definition) is 2. The van der Waals surface area contributed by atoms with Crippen LogP contribution in [0.15, 0.2) is 0 Å². The van der Waals surface area contributed by atoms with Crippen LogP contribution >= 0.6 is 0 Å². The highest BCUT2D eigenvalue weighted by atomic mass is 16.5. The van der Waals surface area contributed by atoms with Gasteiger partial charge in [0.15, 0.2) is 0 Å². The van der Waals surface area contributed by atoms with Crippen LogP contribution in [0.1, 0.15) is 52.4 Å². The Morgan fingerprint density at radius 2 is 1.96 bits per heavy atom. The standard InChI is InChI=1S/C17H31N3O3/c1-4-13(2)18-16(22)20-9-7-17(8-10-20,11-14-5-6-14)19-15(21)12-23-3/h13-14H,4-12H2,1-3H3,(H,18,22)(H,19,21). The number of likely N-dealkylation sites (tertiary alicyclic amines) is 1. The predicted molar refractivity (Wildman–Crippen MR) is 89.2 cm³/mol. The van der Waals surface area contributed by atoms with Crippen LogP contribution in [0, 0.1) is 5.92 Å². The van der Waals surface area contributed by atoms with E-state index in [9.17, 15) is 9.59 Å². The van der Waals surface area contributed by atoms with Crippen LogP contribution in [0.2, 0.25) is 0 Å². The Hall–Kier alpha value is -1.30. The van der Waals surface area contributed by atoms with Gasteiger partial charge >= 0.3 is 6.03 Å². The van der Waals surface area contributed by atoms with E-state index in [2.05, 4.69) is 17.6 Å². The molecule has 0 radical (unpaired) electrons. The van der Waals surface area contributed by atoms with Gasteiger partial charge in [-0.05, 0) is 38.5 Å². The maximum absolute atomic E-state index is 12.2. The van der Waals surface area contributed by atoms with Gasteiger partial charge in [0.25, 0.3) is 0 Å². The first-order chi connectivity index (χ1) is 11.0. The minimum Gasteiger partial charge on any atom is -0.375 e. The van der Waals surface area contributed by atoms with Gasteiger partial charge in [0.05, 0.1) is 0 Å². The van der Waals surface area contributed by atoms with E-state index >= 15 is 0 Å². The van der Waals surface area contributed by atoms with Crippen LogP contribution in [0.25, 0.3) is 0 Å². The van der Waals surface area contributed by atoms with E-state index in [0.29, 0.717) is 13.1 Å². The molecule has 2 rings (SSSR count). The molecule has 1 heterocycles. The zero-order valence-corrected chi connectivity index (χ0v) is 14.7. The molecule has 1 saturated carbocycles. The molecule has 0 aromatic rings. The molecule has 1 aliphatic heterocycles. The molecule has 2 aliphatic rings. The molecule has 0 bridgehead atoms. The minimum atomic E-state index is -0.163. The summed E-state index contributed by atoms with van der Waals surface area (Å²) in [4.78, 5) is 26.1. The van der Waals surface area contributed by atoms with Crippen LogP contribution in [-0.2, 0) is 9.53 Å². The van der Waals surface area contributed by atoms with Gasteiger partial charge in [-0.1, -0.05) is 19.8 Å². The van der Waals surface area contributed by atoms with Crippen molar-refractivity contribution >= 4 is 11.9 Å². The molecule has 1 aliphatic carbocycles. The van der Waals surface area contributed by atoms with E-state index in [1.165, 1.54) is 20.0 Å². The number of urea groups is 1. The third kappa shape index (κ3) is 5.37. The summed E-state index contributed by atoms with van der Waals surface area (Å²) < 4.78 is 4.94. The molecule has 1 atom stereocenters. The molecular weight excluding hydrogens is 294 g/mol. The largest absolute Gasteiger partial charge is 0.375 e.